The number of imidazole rings is 1. The molecule has 0 aliphatic heterocycles. The van der Waals surface area contributed by atoms with Crippen molar-refractivity contribution < 1.29 is 9.59 Å². The first kappa shape index (κ1) is 19.6. The first-order chi connectivity index (χ1) is 13.5. The lowest BCUT2D eigenvalue weighted by molar-refractivity contribution is -0.116. The van der Waals surface area contributed by atoms with Crippen LogP contribution in [0.15, 0.2) is 42.6 Å². The predicted molar refractivity (Wildman–Crippen MR) is 111 cm³/mol. The first-order valence-corrected chi connectivity index (χ1v) is 9.61. The van der Waals surface area contributed by atoms with Gasteiger partial charge in [-0.3, -0.25) is 14.0 Å². The lowest BCUT2D eigenvalue weighted by Gasteiger charge is -2.10. The van der Waals surface area contributed by atoms with Gasteiger partial charge in [0, 0.05) is 24.8 Å². The Morgan fingerprint density at radius 3 is 2.68 bits per heavy atom. The van der Waals surface area contributed by atoms with Crippen LogP contribution in [-0.4, -0.2) is 27.7 Å². The van der Waals surface area contributed by atoms with E-state index in [1.807, 2.05) is 60.8 Å². The molecule has 6 nitrogen and oxygen atoms in total. The third-order valence-corrected chi connectivity index (χ3v) is 4.77. The summed E-state index contributed by atoms with van der Waals surface area (Å²) < 4.78 is 1.81. The first-order valence-electron chi connectivity index (χ1n) is 9.61. The van der Waals surface area contributed by atoms with E-state index in [1.165, 1.54) is 0 Å². The fourth-order valence-electron chi connectivity index (χ4n) is 3.29. The van der Waals surface area contributed by atoms with Gasteiger partial charge in [-0.05, 0) is 49.9 Å². The normalized spacial score (nSPS) is 10.8. The van der Waals surface area contributed by atoms with Crippen LogP contribution in [0, 0.1) is 13.8 Å². The van der Waals surface area contributed by atoms with Crippen molar-refractivity contribution in [3.63, 3.8) is 0 Å². The van der Waals surface area contributed by atoms with Crippen molar-refractivity contribution in [2.24, 2.45) is 0 Å². The van der Waals surface area contributed by atoms with Crippen molar-refractivity contribution in [3.8, 4) is 0 Å². The number of aryl methyl sites for hydroxylation is 3. The van der Waals surface area contributed by atoms with Crippen LogP contribution >= 0.6 is 0 Å². The van der Waals surface area contributed by atoms with E-state index in [2.05, 4.69) is 22.5 Å². The molecule has 2 heterocycles. The highest BCUT2D eigenvalue weighted by molar-refractivity contribution is 5.95. The second-order valence-corrected chi connectivity index (χ2v) is 6.85. The van der Waals surface area contributed by atoms with E-state index in [4.69, 9.17) is 0 Å². The summed E-state index contributed by atoms with van der Waals surface area (Å²) in [4.78, 5) is 29.3. The molecule has 0 atom stereocenters. The zero-order valence-corrected chi connectivity index (χ0v) is 16.6. The summed E-state index contributed by atoms with van der Waals surface area (Å²) in [7, 11) is 0. The minimum atomic E-state index is -0.174. The third kappa shape index (κ3) is 4.22. The number of carbonyl (C=O) groups is 2. The highest BCUT2D eigenvalue weighted by Gasteiger charge is 2.17. The molecule has 2 N–H and O–H groups in total. The van der Waals surface area contributed by atoms with E-state index in [1.54, 1.807) is 0 Å². The topological polar surface area (TPSA) is 75.5 Å². The summed E-state index contributed by atoms with van der Waals surface area (Å²) in [6.07, 6.45) is 3.63. The second kappa shape index (κ2) is 8.69. The molecular formula is C22H26N4O2. The Bertz CT molecular complexity index is 1010. The molecular weight excluding hydrogens is 352 g/mol. The number of nitrogens with zero attached hydrogens (tertiary/aromatic N) is 2. The lowest BCUT2D eigenvalue weighted by atomic mass is 10.1. The predicted octanol–water partition coefficient (Wildman–Crippen LogP) is 3.66. The maximum Gasteiger partial charge on any atom is 0.270 e. The van der Waals surface area contributed by atoms with Gasteiger partial charge in [-0.15, -0.1) is 0 Å². The highest BCUT2D eigenvalue weighted by Crippen LogP contribution is 2.16. The molecule has 0 bridgehead atoms. The summed E-state index contributed by atoms with van der Waals surface area (Å²) in [6.45, 7) is 6.29. The van der Waals surface area contributed by atoms with Gasteiger partial charge in [-0.25, -0.2) is 4.98 Å². The van der Waals surface area contributed by atoms with Crippen LogP contribution in [0.2, 0.25) is 0 Å². The number of amides is 2. The van der Waals surface area contributed by atoms with Crippen molar-refractivity contribution >= 4 is 23.1 Å². The number of rotatable bonds is 7. The Balaban J connectivity index is 1.53. The van der Waals surface area contributed by atoms with Crippen molar-refractivity contribution in [1.82, 2.24) is 14.7 Å². The Labute approximate surface area is 165 Å². The molecule has 0 fully saturated rings. The number of para-hydroxylation sites is 1. The lowest BCUT2D eigenvalue weighted by Crippen LogP contribution is -2.27. The van der Waals surface area contributed by atoms with E-state index in [0.717, 1.165) is 28.9 Å². The van der Waals surface area contributed by atoms with Gasteiger partial charge in [0.2, 0.25) is 5.91 Å². The molecule has 3 rings (SSSR count). The van der Waals surface area contributed by atoms with E-state index in [0.29, 0.717) is 30.8 Å². The largest absolute Gasteiger partial charge is 0.351 e. The van der Waals surface area contributed by atoms with Crippen LogP contribution in [-0.2, 0) is 11.2 Å². The number of pyridine rings is 1. The number of aromatic nitrogens is 2. The van der Waals surface area contributed by atoms with Gasteiger partial charge in [-0.1, -0.05) is 31.2 Å². The van der Waals surface area contributed by atoms with Gasteiger partial charge in [0.15, 0.2) is 0 Å². The summed E-state index contributed by atoms with van der Waals surface area (Å²) >= 11 is 0. The van der Waals surface area contributed by atoms with E-state index < -0.39 is 0 Å². The van der Waals surface area contributed by atoms with Crippen molar-refractivity contribution in [1.29, 1.82) is 0 Å². The van der Waals surface area contributed by atoms with Gasteiger partial charge in [-0.2, -0.15) is 0 Å². The van der Waals surface area contributed by atoms with Gasteiger partial charge in [0.25, 0.3) is 5.91 Å². The Hall–Kier alpha value is -3.15. The average molecular weight is 378 g/mol. The molecule has 0 saturated heterocycles. The smallest absolute Gasteiger partial charge is 0.270 e. The minimum Gasteiger partial charge on any atom is -0.351 e. The fourth-order valence-corrected chi connectivity index (χ4v) is 3.29. The third-order valence-electron chi connectivity index (χ3n) is 4.77. The van der Waals surface area contributed by atoms with Gasteiger partial charge >= 0.3 is 0 Å². The number of fused-ring (bicyclic) bond motifs is 1. The van der Waals surface area contributed by atoms with Crippen molar-refractivity contribution in [3.05, 3.63) is 65.1 Å². The quantitative estimate of drug-likeness (QED) is 0.616. The van der Waals surface area contributed by atoms with Crippen LogP contribution in [0.25, 0.3) is 5.65 Å². The molecule has 2 aromatic heterocycles. The number of hydrogen-bond acceptors (Lipinski definition) is 3. The van der Waals surface area contributed by atoms with Crippen LogP contribution in [0.3, 0.4) is 0 Å². The number of anilines is 1. The molecule has 146 valence electrons. The molecule has 1 aromatic carbocycles. The standard InChI is InChI=1S/C22H26N4O2/c1-4-17-10-5-6-11-18(17)25-19(27)12-7-13-23-22(28)20-16(3)24-21-15(2)9-8-14-26(20)21/h5-6,8-11,14H,4,7,12-13H2,1-3H3,(H,23,28)(H,25,27). The van der Waals surface area contributed by atoms with Gasteiger partial charge in [0.05, 0.1) is 5.69 Å². The van der Waals surface area contributed by atoms with Crippen LogP contribution < -0.4 is 10.6 Å². The monoisotopic (exact) mass is 378 g/mol. The van der Waals surface area contributed by atoms with E-state index in [9.17, 15) is 9.59 Å². The number of hydrogen-bond donors (Lipinski definition) is 2. The molecule has 0 aliphatic carbocycles. The molecule has 0 unspecified atom stereocenters. The Kier molecular flexibility index (Phi) is 6.09. The number of benzene rings is 1. The maximum atomic E-state index is 12.6. The molecule has 28 heavy (non-hydrogen) atoms. The molecule has 0 radical (unpaired) electrons. The number of nitrogens with one attached hydrogen (secondary N) is 2. The van der Waals surface area contributed by atoms with Crippen LogP contribution in [0.5, 0.6) is 0 Å². The number of carbonyl (C=O) groups excluding carboxylic acids is 2. The fraction of sp³-hybridized carbons (Fsp3) is 0.318. The van der Waals surface area contributed by atoms with Crippen molar-refractivity contribution in [2.75, 3.05) is 11.9 Å². The molecule has 2 amide bonds. The van der Waals surface area contributed by atoms with E-state index in [-0.39, 0.29) is 11.8 Å². The highest BCUT2D eigenvalue weighted by atomic mass is 16.2. The summed E-state index contributed by atoms with van der Waals surface area (Å²) in [5.74, 6) is -0.218. The zero-order chi connectivity index (χ0) is 20.1. The molecule has 0 saturated carbocycles. The summed E-state index contributed by atoms with van der Waals surface area (Å²) in [6, 6.07) is 11.7. The minimum absolute atomic E-state index is 0.0447. The SMILES string of the molecule is CCc1ccccc1NC(=O)CCCNC(=O)c1c(C)nc2c(C)cccn12. The van der Waals surface area contributed by atoms with Crippen LogP contribution in [0.4, 0.5) is 5.69 Å². The second-order valence-electron chi connectivity index (χ2n) is 6.85. The molecule has 6 heteroatoms. The Morgan fingerprint density at radius 2 is 1.89 bits per heavy atom. The van der Waals surface area contributed by atoms with Gasteiger partial charge < -0.3 is 10.6 Å². The Morgan fingerprint density at radius 1 is 1.11 bits per heavy atom. The molecule has 3 aromatic rings. The zero-order valence-electron chi connectivity index (χ0n) is 16.6. The van der Waals surface area contributed by atoms with Crippen molar-refractivity contribution in [2.45, 2.75) is 40.0 Å². The van der Waals surface area contributed by atoms with Gasteiger partial charge in [0.1, 0.15) is 11.3 Å². The van der Waals surface area contributed by atoms with Crippen LogP contribution in [0.1, 0.15) is 47.1 Å². The average Bonchev–Trinajstić information content (AvgIpc) is 3.03. The molecule has 0 aliphatic rings. The summed E-state index contributed by atoms with van der Waals surface area (Å²) in [5, 5.41) is 5.85. The summed E-state index contributed by atoms with van der Waals surface area (Å²) in [5.41, 5.74) is 5.02. The molecule has 0 spiro atoms. The maximum absolute atomic E-state index is 12.6. The van der Waals surface area contributed by atoms with E-state index >= 15 is 0 Å².